The van der Waals surface area contributed by atoms with Crippen molar-refractivity contribution in [3.63, 3.8) is 0 Å². The Labute approximate surface area is 95.2 Å². The van der Waals surface area contributed by atoms with Crippen molar-refractivity contribution in [2.24, 2.45) is 0 Å². The molecule has 4 heteroatoms. The number of phenols is 1. The van der Waals surface area contributed by atoms with Gasteiger partial charge in [0.2, 0.25) is 0 Å². The van der Waals surface area contributed by atoms with E-state index in [1.165, 1.54) is 18.2 Å². The third-order valence-electron chi connectivity index (χ3n) is 2.30. The second kappa shape index (κ2) is 5.27. The lowest BCUT2D eigenvalue weighted by atomic mass is 10.1. The maximum Gasteiger partial charge on any atom is 0.123 e. The summed E-state index contributed by atoms with van der Waals surface area (Å²) in [7, 11) is 1.63. The van der Waals surface area contributed by atoms with Crippen molar-refractivity contribution in [1.29, 1.82) is 0 Å². The van der Waals surface area contributed by atoms with Crippen LogP contribution in [0.5, 0.6) is 5.75 Å². The third kappa shape index (κ3) is 3.79. The first-order valence-electron chi connectivity index (χ1n) is 5.16. The molecule has 0 aliphatic carbocycles. The summed E-state index contributed by atoms with van der Waals surface area (Å²) >= 11 is 0. The van der Waals surface area contributed by atoms with E-state index in [-0.39, 0.29) is 17.1 Å². The Morgan fingerprint density at radius 3 is 2.75 bits per heavy atom. The molecule has 3 nitrogen and oxygen atoms in total. The van der Waals surface area contributed by atoms with Gasteiger partial charge < -0.3 is 15.2 Å². The van der Waals surface area contributed by atoms with E-state index in [0.29, 0.717) is 18.7 Å². The van der Waals surface area contributed by atoms with Crippen LogP contribution in [-0.4, -0.2) is 24.4 Å². The van der Waals surface area contributed by atoms with Gasteiger partial charge in [0.15, 0.2) is 0 Å². The fraction of sp³-hybridized carbons (Fsp3) is 0.500. The molecular weight excluding hydrogens is 209 g/mol. The number of hydrogen-bond donors (Lipinski definition) is 2. The van der Waals surface area contributed by atoms with Crippen molar-refractivity contribution in [2.75, 3.05) is 13.7 Å². The first kappa shape index (κ1) is 12.9. The molecule has 0 amide bonds. The van der Waals surface area contributed by atoms with E-state index in [9.17, 15) is 9.50 Å². The van der Waals surface area contributed by atoms with Crippen LogP contribution in [0.1, 0.15) is 19.4 Å². The molecule has 0 aliphatic heterocycles. The average Bonchev–Trinajstić information content (AvgIpc) is 2.19. The largest absolute Gasteiger partial charge is 0.508 e. The molecule has 0 aromatic heterocycles. The lowest BCUT2D eigenvalue weighted by Gasteiger charge is -2.25. The van der Waals surface area contributed by atoms with E-state index >= 15 is 0 Å². The Balaban J connectivity index is 2.63. The molecule has 0 radical (unpaired) electrons. The highest BCUT2D eigenvalue weighted by molar-refractivity contribution is 5.32. The van der Waals surface area contributed by atoms with Crippen LogP contribution < -0.4 is 5.32 Å². The number of benzene rings is 1. The number of phenolic OH excluding ortho intramolecular Hbond substituents is 1. The number of nitrogens with one attached hydrogen (secondary N) is 1. The molecule has 90 valence electrons. The fourth-order valence-corrected chi connectivity index (χ4v) is 1.44. The lowest BCUT2D eigenvalue weighted by Crippen LogP contribution is -2.42. The Hall–Kier alpha value is -1.13. The first-order chi connectivity index (χ1) is 7.44. The molecular formula is C12H18FNO2. The summed E-state index contributed by atoms with van der Waals surface area (Å²) in [5.41, 5.74) is 0.331. The van der Waals surface area contributed by atoms with Crippen molar-refractivity contribution >= 4 is 0 Å². The van der Waals surface area contributed by atoms with Crippen LogP contribution in [-0.2, 0) is 11.3 Å². The van der Waals surface area contributed by atoms with E-state index in [0.717, 1.165) is 0 Å². The van der Waals surface area contributed by atoms with Crippen LogP contribution in [0, 0.1) is 5.82 Å². The number of halogens is 1. The summed E-state index contributed by atoms with van der Waals surface area (Å²) in [5, 5.41) is 12.7. The predicted octanol–water partition coefficient (Wildman–Crippen LogP) is 2.05. The molecule has 0 unspecified atom stereocenters. The van der Waals surface area contributed by atoms with Crippen molar-refractivity contribution in [3.8, 4) is 5.75 Å². The Morgan fingerprint density at radius 2 is 2.12 bits per heavy atom. The number of hydrogen-bond acceptors (Lipinski definition) is 3. The molecule has 2 N–H and O–H groups in total. The zero-order valence-electron chi connectivity index (χ0n) is 9.88. The van der Waals surface area contributed by atoms with Crippen molar-refractivity contribution in [1.82, 2.24) is 5.32 Å². The summed E-state index contributed by atoms with van der Waals surface area (Å²) in [6.07, 6.45) is 0. The zero-order valence-corrected chi connectivity index (χ0v) is 9.88. The molecule has 1 rings (SSSR count). The summed E-state index contributed by atoms with van der Waals surface area (Å²) in [4.78, 5) is 0. The Bertz CT molecular complexity index is 353. The zero-order chi connectivity index (χ0) is 12.2. The first-order valence-corrected chi connectivity index (χ1v) is 5.16. The van der Waals surface area contributed by atoms with Gasteiger partial charge in [0.05, 0.1) is 6.61 Å². The minimum absolute atomic E-state index is 0.0992. The van der Waals surface area contributed by atoms with Gasteiger partial charge >= 0.3 is 0 Å². The van der Waals surface area contributed by atoms with E-state index in [1.54, 1.807) is 7.11 Å². The molecule has 0 saturated heterocycles. The summed E-state index contributed by atoms with van der Waals surface area (Å²) in [6.45, 7) is 4.91. The average molecular weight is 227 g/mol. The lowest BCUT2D eigenvalue weighted by molar-refractivity contribution is 0.127. The molecule has 16 heavy (non-hydrogen) atoms. The highest BCUT2D eigenvalue weighted by Gasteiger charge is 2.17. The van der Waals surface area contributed by atoms with Crippen LogP contribution in [0.2, 0.25) is 0 Å². The van der Waals surface area contributed by atoms with Crippen LogP contribution in [0.3, 0.4) is 0 Å². The minimum Gasteiger partial charge on any atom is -0.508 e. The van der Waals surface area contributed by atoms with Gasteiger partial charge in [-0.25, -0.2) is 4.39 Å². The van der Waals surface area contributed by atoms with Crippen molar-refractivity contribution < 1.29 is 14.2 Å². The topological polar surface area (TPSA) is 41.5 Å². The van der Waals surface area contributed by atoms with Gasteiger partial charge in [0.25, 0.3) is 0 Å². The monoisotopic (exact) mass is 227 g/mol. The van der Waals surface area contributed by atoms with Gasteiger partial charge in [0.1, 0.15) is 11.6 Å². The van der Waals surface area contributed by atoms with Gasteiger partial charge in [0, 0.05) is 24.8 Å². The van der Waals surface area contributed by atoms with E-state index in [2.05, 4.69) is 5.32 Å². The van der Waals surface area contributed by atoms with Gasteiger partial charge in [-0.15, -0.1) is 0 Å². The van der Waals surface area contributed by atoms with Gasteiger partial charge in [-0.05, 0) is 32.0 Å². The molecule has 0 saturated carbocycles. The predicted molar refractivity (Wildman–Crippen MR) is 60.9 cm³/mol. The van der Waals surface area contributed by atoms with Crippen molar-refractivity contribution in [3.05, 3.63) is 29.6 Å². The maximum absolute atomic E-state index is 13.0. The summed E-state index contributed by atoms with van der Waals surface area (Å²) in [6, 6.07) is 3.92. The number of rotatable bonds is 5. The maximum atomic E-state index is 13.0. The molecule has 0 bridgehead atoms. The number of methoxy groups -OCH3 is 1. The normalized spacial score (nSPS) is 11.8. The summed E-state index contributed by atoms with van der Waals surface area (Å²) < 4.78 is 18.0. The highest BCUT2D eigenvalue weighted by Crippen LogP contribution is 2.18. The molecule has 0 spiro atoms. The molecule has 0 atom stereocenters. The fourth-order valence-electron chi connectivity index (χ4n) is 1.44. The molecule has 0 fully saturated rings. The molecule has 1 aromatic rings. The molecule has 0 aliphatic rings. The molecule has 1 aromatic carbocycles. The van der Waals surface area contributed by atoms with Crippen LogP contribution in [0.4, 0.5) is 4.39 Å². The number of aromatic hydroxyl groups is 1. The minimum atomic E-state index is -0.348. The second-order valence-corrected chi connectivity index (χ2v) is 4.44. The quantitative estimate of drug-likeness (QED) is 0.809. The van der Waals surface area contributed by atoms with Gasteiger partial charge in [-0.3, -0.25) is 0 Å². The van der Waals surface area contributed by atoms with Crippen LogP contribution >= 0.6 is 0 Å². The highest BCUT2D eigenvalue weighted by atomic mass is 19.1. The summed E-state index contributed by atoms with van der Waals surface area (Å²) in [5.74, 6) is -0.249. The standard InChI is InChI=1S/C12H18FNO2/c1-12(2,8-16-3)14-7-9-6-10(13)4-5-11(9)15/h4-6,14-15H,7-8H2,1-3H3. The smallest absolute Gasteiger partial charge is 0.123 e. The van der Waals surface area contributed by atoms with E-state index < -0.39 is 0 Å². The third-order valence-corrected chi connectivity index (χ3v) is 2.30. The van der Waals surface area contributed by atoms with Crippen molar-refractivity contribution in [2.45, 2.75) is 25.9 Å². The number of ether oxygens (including phenoxy) is 1. The van der Waals surface area contributed by atoms with Crippen LogP contribution in [0.25, 0.3) is 0 Å². The Morgan fingerprint density at radius 1 is 1.44 bits per heavy atom. The Kier molecular flexibility index (Phi) is 4.26. The SMILES string of the molecule is COCC(C)(C)NCc1cc(F)ccc1O. The van der Waals surface area contributed by atoms with Gasteiger partial charge in [-0.2, -0.15) is 0 Å². The van der Waals surface area contributed by atoms with Crippen LogP contribution in [0.15, 0.2) is 18.2 Å². The van der Waals surface area contributed by atoms with Gasteiger partial charge in [-0.1, -0.05) is 0 Å². The van der Waals surface area contributed by atoms with E-state index in [4.69, 9.17) is 4.74 Å². The van der Waals surface area contributed by atoms with E-state index in [1.807, 2.05) is 13.8 Å². The second-order valence-electron chi connectivity index (χ2n) is 4.44. The molecule has 0 heterocycles.